The highest BCUT2D eigenvalue weighted by atomic mass is 32.2. The van der Waals surface area contributed by atoms with Gasteiger partial charge in [-0.05, 0) is 6.92 Å². The van der Waals surface area contributed by atoms with E-state index in [1.54, 1.807) is 18.9 Å². The van der Waals surface area contributed by atoms with Crippen molar-refractivity contribution in [1.82, 2.24) is 4.90 Å². The van der Waals surface area contributed by atoms with Crippen LogP contribution < -0.4 is 0 Å². The van der Waals surface area contributed by atoms with E-state index in [1.807, 2.05) is 11.8 Å². The summed E-state index contributed by atoms with van der Waals surface area (Å²) in [5.41, 5.74) is 0. The van der Waals surface area contributed by atoms with Gasteiger partial charge in [-0.3, -0.25) is 9.69 Å². The van der Waals surface area contributed by atoms with E-state index >= 15 is 0 Å². The molecule has 0 saturated carbocycles. The van der Waals surface area contributed by atoms with Gasteiger partial charge in [0.15, 0.2) is 0 Å². The van der Waals surface area contributed by atoms with Gasteiger partial charge in [0, 0.05) is 31.7 Å². The second-order valence-electron chi connectivity index (χ2n) is 4.68. The standard InChI is InChI=1S/C12H23NO5S/c1-9(6-17-2)18-7-10(14)5-13-3-4-19-8-11(13)12(15)16/h9-11,14H,3-8H2,1-2H3,(H,15,16). The van der Waals surface area contributed by atoms with E-state index < -0.39 is 18.1 Å². The molecule has 0 amide bonds. The first-order chi connectivity index (χ1) is 9.04. The molecule has 112 valence electrons. The summed E-state index contributed by atoms with van der Waals surface area (Å²) in [6.45, 7) is 3.56. The van der Waals surface area contributed by atoms with Crippen LogP contribution in [0.25, 0.3) is 0 Å². The molecule has 2 N–H and O–H groups in total. The number of hydrogen-bond acceptors (Lipinski definition) is 6. The summed E-state index contributed by atoms with van der Waals surface area (Å²) in [5.74, 6) is 0.647. The van der Waals surface area contributed by atoms with Crippen LogP contribution in [-0.4, -0.2) is 84.3 Å². The fraction of sp³-hybridized carbons (Fsp3) is 0.917. The number of carbonyl (C=O) groups is 1. The number of methoxy groups -OCH3 is 1. The van der Waals surface area contributed by atoms with Gasteiger partial charge < -0.3 is 19.7 Å². The summed E-state index contributed by atoms with van der Waals surface area (Å²) in [6, 6.07) is -0.509. The number of aliphatic carboxylic acids is 1. The number of nitrogens with zero attached hydrogens (tertiary/aromatic N) is 1. The van der Waals surface area contributed by atoms with E-state index in [0.29, 0.717) is 25.4 Å². The Kier molecular flexibility index (Phi) is 7.70. The summed E-state index contributed by atoms with van der Waals surface area (Å²) in [7, 11) is 1.60. The molecule has 1 saturated heterocycles. The summed E-state index contributed by atoms with van der Waals surface area (Å²) in [5, 5.41) is 19.0. The Hall–Kier alpha value is -0.340. The van der Waals surface area contributed by atoms with Crippen molar-refractivity contribution in [3.63, 3.8) is 0 Å². The highest BCUT2D eigenvalue weighted by molar-refractivity contribution is 7.99. The lowest BCUT2D eigenvalue weighted by atomic mass is 10.2. The van der Waals surface area contributed by atoms with Gasteiger partial charge in [-0.1, -0.05) is 0 Å². The fourth-order valence-electron chi connectivity index (χ4n) is 1.97. The largest absolute Gasteiger partial charge is 0.480 e. The smallest absolute Gasteiger partial charge is 0.321 e. The summed E-state index contributed by atoms with van der Waals surface area (Å²) in [4.78, 5) is 12.9. The Balaban J connectivity index is 2.33. The molecule has 1 aliphatic heterocycles. The zero-order chi connectivity index (χ0) is 14.3. The van der Waals surface area contributed by atoms with Gasteiger partial charge in [-0.15, -0.1) is 0 Å². The lowest BCUT2D eigenvalue weighted by Gasteiger charge is -2.33. The van der Waals surface area contributed by atoms with E-state index in [0.717, 1.165) is 5.75 Å². The number of thioether (sulfide) groups is 1. The summed E-state index contributed by atoms with van der Waals surface area (Å²) in [6.07, 6.45) is -0.754. The number of aliphatic hydroxyl groups is 1. The van der Waals surface area contributed by atoms with Crippen LogP contribution in [0.3, 0.4) is 0 Å². The van der Waals surface area contributed by atoms with Crippen LogP contribution in [0.2, 0.25) is 0 Å². The molecule has 3 unspecified atom stereocenters. The topological polar surface area (TPSA) is 79.2 Å². The third-order valence-corrected chi connectivity index (χ3v) is 3.97. The maximum atomic E-state index is 11.1. The maximum absolute atomic E-state index is 11.1. The molecule has 0 aromatic heterocycles. The minimum Gasteiger partial charge on any atom is -0.480 e. The minimum atomic E-state index is -0.826. The van der Waals surface area contributed by atoms with Crippen molar-refractivity contribution < 1.29 is 24.5 Å². The Morgan fingerprint density at radius 2 is 2.26 bits per heavy atom. The van der Waals surface area contributed by atoms with Crippen LogP contribution in [-0.2, 0) is 14.3 Å². The molecule has 0 aromatic carbocycles. The Bertz CT molecular complexity index is 279. The zero-order valence-corrected chi connectivity index (χ0v) is 12.3. The number of aliphatic hydroxyl groups excluding tert-OH is 1. The first-order valence-corrected chi connectivity index (χ1v) is 7.53. The van der Waals surface area contributed by atoms with Crippen LogP contribution in [0.1, 0.15) is 6.92 Å². The van der Waals surface area contributed by atoms with Crippen LogP contribution in [0.4, 0.5) is 0 Å². The average Bonchev–Trinajstić information content (AvgIpc) is 2.37. The number of hydrogen-bond donors (Lipinski definition) is 2. The maximum Gasteiger partial charge on any atom is 0.321 e. The molecule has 0 bridgehead atoms. The van der Waals surface area contributed by atoms with Crippen molar-refractivity contribution in [2.24, 2.45) is 0 Å². The van der Waals surface area contributed by atoms with E-state index in [9.17, 15) is 9.90 Å². The monoisotopic (exact) mass is 293 g/mol. The van der Waals surface area contributed by atoms with E-state index in [1.165, 1.54) is 0 Å². The van der Waals surface area contributed by atoms with Crippen LogP contribution >= 0.6 is 11.8 Å². The van der Waals surface area contributed by atoms with Crippen LogP contribution in [0, 0.1) is 0 Å². The predicted molar refractivity (Wildman–Crippen MR) is 73.6 cm³/mol. The summed E-state index contributed by atoms with van der Waals surface area (Å²) < 4.78 is 10.4. The molecule has 1 fully saturated rings. The molecule has 6 nitrogen and oxygen atoms in total. The number of ether oxygens (including phenoxy) is 2. The molecule has 7 heteroatoms. The molecule has 1 rings (SSSR count). The van der Waals surface area contributed by atoms with E-state index in [2.05, 4.69) is 0 Å². The van der Waals surface area contributed by atoms with Crippen molar-refractivity contribution >= 4 is 17.7 Å². The van der Waals surface area contributed by atoms with Gasteiger partial charge in [0.2, 0.25) is 0 Å². The minimum absolute atomic E-state index is 0.0770. The second kappa shape index (κ2) is 8.76. The highest BCUT2D eigenvalue weighted by Gasteiger charge is 2.30. The van der Waals surface area contributed by atoms with Gasteiger partial charge >= 0.3 is 5.97 Å². The molecular weight excluding hydrogens is 270 g/mol. The fourth-order valence-corrected chi connectivity index (χ4v) is 3.07. The molecule has 1 aliphatic rings. The van der Waals surface area contributed by atoms with Gasteiger partial charge in [-0.25, -0.2) is 0 Å². The number of rotatable bonds is 8. The predicted octanol–water partition coefficient (Wildman–Crippen LogP) is -0.0992. The zero-order valence-electron chi connectivity index (χ0n) is 11.4. The molecule has 0 radical (unpaired) electrons. The van der Waals surface area contributed by atoms with Crippen LogP contribution in [0.15, 0.2) is 0 Å². The van der Waals surface area contributed by atoms with Gasteiger partial charge in [0.1, 0.15) is 6.04 Å². The third-order valence-electron chi connectivity index (χ3n) is 2.94. The third kappa shape index (κ3) is 6.09. The SMILES string of the molecule is COCC(C)OCC(O)CN1CCSCC1C(=O)O. The lowest BCUT2D eigenvalue weighted by Crippen LogP contribution is -2.50. The second-order valence-corrected chi connectivity index (χ2v) is 5.83. The molecule has 1 heterocycles. The Morgan fingerprint density at radius 1 is 1.53 bits per heavy atom. The quantitative estimate of drug-likeness (QED) is 0.647. The van der Waals surface area contributed by atoms with Gasteiger partial charge in [0.25, 0.3) is 0 Å². The molecule has 3 atom stereocenters. The Labute approximate surface area is 118 Å². The first-order valence-electron chi connectivity index (χ1n) is 6.37. The Morgan fingerprint density at radius 3 is 2.89 bits per heavy atom. The normalized spacial score (nSPS) is 24.1. The van der Waals surface area contributed by atoms with Crippen LogP contribution in [0.5, 0.6) is 0 Å². The van der Waals surface area contributed by atoms with Gasteiger partial charge in [0.05, 0.1) is 25.4 Å². The molecule has 0 aliphatic carbocycles. The van der Waals surface area contributed by atoms with Crippen molar-refractivity contribution in [3.05, 3.63) is 0 Å². The molecular formula is C12H23NO5S. The van der Waals surface area contributed by atoms with Crippen molar-refractivity contribution in [2.75, 3.05) is 44.9 Å². The average molecular weight is 293 g/mol. The van der Waals surface area contributed by atoms with Crippen molar-refractivity contribution in [2.45, 2.75) is 25.2 Å². The first kappa shape index (κ1) is 16.7. The molecule has 19 heavy (non-hydrogen) atoms. The number of β-amino-alcohol motifs (C(OH)–C–C–N with tert-alkyl or cyclic N) is 1. The van der Waals surface area contributed by atoms with Crippen molar-refractivity contribution in [1.29, 1.82) is 0 Å². The summed E-state index contributed by atoms with van der Waals surface area (Å²) >= 11 is 1.64. The van der Waals surface area contributed by atoms with Crippen molar-refractivity contribution in [3.8, 4) is 0 Å². The highest BCUT2D eigenvalue weighted by Crippen LogP contribution is 2.17. The number of carboxylic acids is 1. The molecule has 0 spiro atoms. The number of carboxylic acid groups (broad SMARTS) is 1. The van der Waals surface area contributed by atoms with Gasteiger partial charge in [-0.2, -0.15) is 11.8 Å². The lowest BCUT2D eigenvalue weighted by molar-refractivity contribution is -0.143. The van der Waals surface area contributed by atoms with E-state index in [4.69, 9.17) is 14.6 Å². The molecule has 0 aromatic rings. The van der Waals surface area contributed by atoms with E-state index in [-0.39, 0.29) is 12.7 Å².